The molecule has 0 aromatic heterocycles. The van der Waals surface area contributed by atoms with Crippen LogP contribution in [0.25, 0.3) is 0 Å². The Morgan fingerprint density at radius 1 is 1.09 bits per heavy atom. The highest BCUT2D eigenvalue weighted by atomic mass is 19.4. The van der Waals surface area contributed by atoms with E-state index < -0.39 is 18.1 Å². The normalized spacial score (nSPS) is 38.1. The van der Waals surface area contributed by atoms with E-state index in [2.05, 4.69) is 13.8 Å². The second-order valence-electron chi connectivity index (χ2n) is 8.27. The molecule has 2 rings (SSSR count). The molecule has 0 N–H and O–H groups in total. The van der Waals surface area contributed by atoms with Crippen molar-refractivity contribution in [2.24, 2.45) is 35.5 Å². The molecule has 5 heteroatoms. The van der Waals surface area contributed by atoms with Crippen molar-refractivity contribution in [2.45, 2.75) is 71.9 Å². The van der Waals surface area contributed by atoms with E-state index in [1.54, 1.807) is 0 Å². The number of rotatable bonds is 6. The lowest BCUT2D eigenvalue weighted by molar-refractivity contribution is -0.327. The lowest BCUT2D eigenvalue weighted by Gasteiger charge is -2.41. The summed E-state index contributed by atoms with van der Waals surface area (Å²) in [6.45, 7) is 9.25. The molecule has 2 bridgehead atoms. The first kappa shape index (κ1) is 19.0. The van der Waals surface area contributed by atoms with E-state index in [0.29, 0.717) is 23.7 Å². The molecule has 0 saturated heterocycles. The number of hydrogen-bond acceptors (Lipinski definition) is 2. The second kappa shape index (κ2) is 6.55. The molecule has 0 aromatic rings. The van der Waals surface area contributed by atoms with Crippen molar-refractivity contribution in [1.82, 2.24) is 0 Å². The fraction of sp³-hybridized carbons (Fsp3) is 1.00. The van der Waals surface area contributed by atoms with Crippen LogP contribution in [0.1, 0.15) is 53.9 Å². The van der Waals surface area contributed by atoms with Gasteiger partial charge in [-0.3, -0.25) is 0 Å². The van der Waals surface area contributed by atoms with Gasteiger partial charge in [0.25, 0.3) is 0 Å². The first-order valence-electron chi connectivity index (χ1n) is 8.77. The van der Waals surface area contributed by atoms with E-state index in [4.69, 9.17) is 9.47 Å². The maximum atomic E-state index is 13.8. The summed E-state index contributed by atoms with van der Waals surface area (Å²) >= 11 is 0. The molecule has 0 aromatic carbocycles. The Morgan fingerprint density at radius 3 is 2.09 bits per heavy atom. The van der Waals surface area contributed by atoms with Crippen molar-refractivity contribution >= 4 is 0 Å². The van der Waals surface area contributed by atoms with Crippen LogP contribution in [0.15, 0.2) is 0 Å². The number of fused-ring (bicyclic) bond motifs is 2. The molecule has 23 heavy (non-hydrogen) atoms. The Kier molecular flexibility index (Phi) is 5.42. The van der Waals surface area contributed by atoms with Gasteiger partial charge in [-0.25, -0.2) is 0 Å². The van der Waals surface area contributed by atoms with Crippen LogP contribution in [0.5, 0.6) is 0 Å². The molecule has 0 spiro atoms. The standard InChI is InChI=1S/C18H31F3O2/c1-10(2)16(22-6)23-17(5,18(19,20)21)9-14-7-13-8-15(14)12(4)11(13)3/h10-16H,7-9H2,1-6H3. The van der Waals surface area contributed by atoms with Crippen molar-refractivity contribution in [3.8, 4) is 0 Å². The van der Waals surface area contributed by atoms with Crippen LogP contribution in [0.3, 0.4) is 0 Å². The smallest absolute Gasteiger partial charge is 0.356 e. The summed E-state index contributed by atoms with van der Waals surface area (Å²) in [5.41, 5.74) is -2.14. The van der Waals surface area contributed by atoms with Gasteiger partial charge in [0.1, 0.15) is 0 Å². The number of halogens is 3. The van der Waals surface area contributed by atoms with Crippen LogP contribution in [0.2, 0.25) is 0 Å². The molecule has 136 valence electrons. The second-order valence-corrected chi connectivity index (χ2v) is 8.27. The summed E-state index contributed by atoms with van der Waals surface area (Å²) in [5, 5.41) is 0. The first-order chi connectivity index (χ1) is 10.5. The first-order valence-corrected chi connectivity index (χ1v) is 8.77. The van der Waals surface area contributed by atoms with Gasteiger partial charge in [0.05, 0.1) is 0 Å². The van der Waals surface area contributed by atoms with Crippen LogP contribution in [-0.4, -0.2) is 25.2 Å². The average molecular weight is 336 g/mol. The zero-order chi connectivity index (χ0) is 17.6. The minimum Gasteiger partial charge on any atom is -0.356 e. The predicted molar refractivity (Wildman–Crippen MR) is 83.8 cm³/mol. The minimum atomic E-state index is -4.39. The molecule has 0 radical (unpaired) electrons. The van der Waals surface area contributed by atoms with Gasteiger partial charge in [-0.15, -0.1) is 0 Å². The van der Waals surface area contributed by atoms with Crippen LogP contribution in [0.4, 0.5) is 13.2 Å². The van der Waals surface area contributed by atoms with E-state index in [1.807, 2.05) is 13.8 Å². The van der Waals surface area contributed by atoms with Gasteiger partial charge in [-0.1, -0.05) is 27.7 Å². The van der Waals surface area contributed by atoms with Gasteiger partial charge in [0, 0.05) is 13.0 Å². The molecule has 2 nitrogen and oxygen atoms in total. The highest BCUT2D eigenvalue weighted by molar-refractivity contribution is 5.01. The molecule has 0 amide bonds. The van der Waals surface area contributed by atoms with Crippen molar-refractivity contribution in [2.75, 3.05) is 7.11 Å². The third-order valence-corrected chi connectivity index (χ3v) is 6.44. The Hall–Kier alpha value is -0.290. The van der Waals surface area contributed by atoms with Crippen LogP contribution >= 0.6 is 0 Å². The molecular weight excluding hydrogens is 305 g/mol. The van der Waals surface area contributed by atoms with Crippen molar-refractivity contribution in [1.29, 1.82) is 0 Å². The number of methoxy groups -OCH3 is 1. The van der Waals surface area contributed by atoms with Gasteiger partial charge >= 0.3 is 6.18 Å². The molecule has 2 aliphatic rings. The van der Waals surface area contributed by atoms with Gasteiger partial charge in [-0.05, 0) is 55.8 Å². The largest absolute Gasteiger partial charge is 0.417 e. The Morgan fingerprint density at radius 2 is 1.70 bits per heavy atom. The number of hydrogen-bond donors (Lipinski definition) is 0. The molecule has 7 unspecified atom stereocenters. The zero-order valence-electron chi connectivity index (χ0n) is 15.1. The lowest BCUT2D eigenvalue weighted by atomic mass is 9.72. The third-order valence-electron chi connectivity index (χ3n) is 6.44. The summed E-state index contributed by atoms with van der Waals surface area (Å²) < 4.78 is 51.9. The molecule has 0 aliphatic heterocycles. The zero-order valence-corrected chi connectivity index (χ0v) is 15.1. The van der Waals surface area contributed by atoms with Gasteiger partial charge in [0.2, 0.25) is 0 Å². The maximum Gasteiger partial charge on any atom is 0.417 e. The van der Waals surface area contributed by atoms with E-state index in [0.717, 1.165) is 12.8 Å². The summed E-state index contributed by atoms with van der Waals surface area (Å²) in [4.78, 5) is 0. The molecule has 2 fully saturated rings. The fourth-order valence-corrected chi connectivity index (χ4v) is 4.77. The van der Waals surface area contributed by atoms with Crippen molar-refractivity contribution in [3.63, 3.8) is 0 Å². The van der Waals surface area contributed by atoms with E-state index in [1.165, 1.54) is 14.0 Å². The summed E-state index contributed by atoms with van der Waals surface area (Å²) in [6.07, 6.45) is -3.20. The summed E-state index contributed by atoms with van der Waals surface area (Å²) in [7, 11) is 1.41. The highest BCUT2D eigenvalue weighted by Crippen LogP contribution is 2.58. The van der Waals surface area contributed by atoms with Crippen LogP contribution in [0, 0.1) is 35.5 Å². The van der Waals surface area contributed by atoms with Crippen LogP contribution < -0.4 is 0 Å². The van der Waals surface area contributed by atoms with Gasteiger partial charge in [0.15, 0.2) is 11.9 Å². The summed E-state index contributed by atoms with van der Waals surface area (Å²) in [5.74, 6) is 2.11. The summed E-state index contributed by atoms with van der Waals surface area (Å²) in [6, 6.07) is 0. The molecule has 2 saturated carbocycles. The topological polar surface area (TPSA) is 18.5 Å². The Balaban J connectivity index is 2.14. The SMILES string of the molecule is COC(OC(C)(CC1CC2CC1C(C)C2C)C(F)(F)F)C(C)C. The van der Waals surface area contributed by atoms with E-state index in [9.17, 15) is 13.2 Å². The van der Waals surface area contributed by atoms with Crippen LogP contribution in [-0.2, 0) is 9.47 Å². The minimum absolute atomic E-state index is 0.0430. The monoisotopic (exact) mass is 336 g/mol. The third kappa shape index (κ3) is 3.55. The Labute approximate surface area is 138 Å². The fourth-order valence-electron chi connectivity index (χ4n) is 4.77. The van der Waals surface area contributed by atoms with E-state index >= 15 is 0 Å². The molecule has 0 heterocycles. The van der Waals surface area contributed by atoms with Gasteiger partial charge in [-0.2, -0.15) is 13.2 Å². The highest BCUT2D eigenvalue weighted by Gasteiger charge is 2.58. The molecule has 7 atom stereocenters. The van der Waals surface area contributed by atoms with E-state index in [-0.39, 0.29) is 18.3 Å². The van der Waals surface area contributed by atoms with Crippen molar-refractivity contribution in [3.05, 3.63) is 0 Å². The number of ether oxygens (including phenoxy) is 2. The Bertz CT molecular complexity index is 408. The number of alkyl halides is 3. The predicted octanol–water partition coefficient (Wildman–Crippen LogP) is 5.27. The van der Waals surface area contributed by atoms with Crippen molar-refractivity contribution < 1.29 is 22.6 Å². The molecular formula is C18H31F3O2. The van der Waals surface area contributed by atoms with Gasteiger partial charge < -0.3 is 9.47 Å². The lowest BCUT2D eigenvalue weighted by Crippen LogP contribution is -2.50. The average Bonchev–Trinajstić information content (AvgIpc) is 2.95. The maximum absolute atomic E-state index is 13.8. The quantitative estimate of drug-likeness (QED) is 0.615. The molecule has 2 aliphatic carbocycles.